The van der Waals surface area contributed by atoms with Gasteiger partial charge in [0.25, 0.3) is 0 Å². The zero-order chi connectivity index (χ0) is 10.3. The normalized spacial score (nSPS) is 10.2. The van der Waals surface area contributed by atoms with Crippen molar-refractivity contribution in [3.8, 4) is 0 Å². The molecule has 1 aromatic rings. The second-order valence-electron chi connectivity index (χ2n) is 2.44. The average molecular weight is 196 g/mol. The third-order valence-electron chi connectivity index (χ3n) is 1.64. The summed E-state index contributed by atoms with van der Waals surface area (Å²) in [5.41, 5.74) is 13.8. The van der Waals surface area contributed by atoms with Crippen molar-refractivity contribution in [3.63, 3.8) is 0 Å². The van der Waals surface area contributed by atoms with Gasteiger partial charge in [-0.05, 0) is 31.0 Å². The van der Waals surface area contributed by atoms with Crippen LogP contribution in [0.4, 0.5) is 5.69 Å². The summed E-state index contributed by atoms with van der Waals surface area (Å²) < 4.78 is 0. The molecule has 0 aromatic heterocycles. The van der Waals surface area contributed by atoms with Crippen molar-refractivity contribution in [2.75, 3.05) is 12.0 Å². The Kier molecular flexibility index (Phi) is 5.89. The van der Waals surface area contributed by atoms with E-state index in [0.717, 1.165) is 16.8 Å². The number of rotatable bonds is 1. The highest BCUT2D eigenvalue weighted by molar-refractivity contribution is 7.79. The maximum absolute atomic E-state index is 5.70. The molecule has 0 radical (unpaired) electrons. The minimum absolute atomic E-state index is 0.770. The molecule has 1 aromatic carbocycles. The van der Waals surface area contributed by atoms with Crippen LogP contribution in [0.15, 0.2) is 30.5 Å². The Morgan fingerprint density at radius 2 is 1.85 bits per heavy atom. The Bertz CT molecular complexity index is 282. The molecule has 0 saturated heterocycles. The summed E-state index contributed by atoms with van der Waals surface area (Å²) in [6.45, 7) is 1.94. The highest BCUT2D eigenvalue weighted by atomic mass is 32.1. The summed E-state index contributed by atoms with van der Waals surface area (Å²) in [6.07, 6.45) is 3.26. The molecule has 13 heavy (non-hydrogen) atoms. The van der Waals surface area contributed by atoms with Gasteiger partial charge in [0.05, 0.1) is 0 Å². The summed E-state index contributed by atoms with van der Waals surface area (Å²) in [7, 11) is 0. The molecule has 3 heteroatoms. The molecule has 0 aliphatic rings. The van der Waals surface area contributed by atoms with E-state index in [-0.39, 0.29) is 0 Å². The highest BCUT2D eigenvalue weighted by Crippen LogP contribution is 2.18. The summed E-state index contributed by atoms with van der Waals surface area (Å²) in [6, 6.07) is 7.66. The molecule has 2 nitrogen and oxygen atoms in total. The summed E-state index contributed by atoms with van der Waals surface area (Å²) in [5.74, 6) is 0. The molecule has 0 aliphatic heterocycles. The van der Waals surface area contributed by atoms with E-state index in [1.54, 1.807) is 12.5 Å². The molecule has 0 fully saturated rings. The number of nitrogens with two attached hydrogens (primary N) is 2. The van der Waals surface area contributed by atoms with E-state index in [0.29, 0.717) is 0 Å². The SMILES string of the molecule is C/C(=C/N)c1ccccc1N.CS. The third-order valence-corrected chi connectivity index (χ3v) is 1.64. The zero-order valence-electron chi connectivity index (χ0n) is 7.99. The van der Waals surface area contributed by atoms with Crippen LogP contribution in [-0.4, -0.2) is 6.26 Å². The first kappa shape index (κ1) is 11.9. The van der Waals surface area contributed by atoms with Gasteiger partial charge >= 0.3 is 0 Å². The largest absolute Gasteiger partial charge is 0.404 e. The zero-order valence-corrected chi connectivity index (χ0v) is 8.88. The van der Waals surface area contributed by atoms with E-state index in [2.05, 4.69) is 12.6 Å². The van der Waals surface area contributed by atoms with Crippen molar-refractivity contribution >= 4 is 23.9 Å². The molecule has 0 heterocycles. The van der Waals surface area contributed by atoms with Gasteiger partial charge in [0, 0.05) is 11.3 Å². The van der Waals surface area contributed by atoms with Gasteiger partial charge in [-0.3, -0.25) is 0 Å². The average Bonchev–Trinajstić information content (AvgIpc) is 2.20. The molecule has 4 N–H and O–H groups in total. The van der Waals surface area contributed by atoms with Crippen molar-refractivity contribution in [1.82, 2.24) is 0 Å². The van der Waals surface area contributed by atoms with E-state index in [1.165, 1.54) is 0 Å². The monoisotopic (exact) mass is 196 g/mol. The molecular weight excluding hydrogens is 180 g/mol. The van der Waals surface area contributed by atoms with Gasteiger partial charge in [0.1, 0.15) is 0 Å². The van der Waals surface area contributed by atoms with Crippen LogP contribution in [0, 0.1) is 0 Å². The first-order valence-corrected chi connectivity index (χ1v) is 4.83. The molecule has 0 amide bonds. The lowest BCUT2D eigenvalue weighted by Gasteiger charge is -2.03. The van der Waals surface area contributed by atoms with Crippen LogP contribution in [0.5, 0.6) is 0 Å². The quantitative estimate of drug-likeness (QED) is 0.476. The van der Waals surface area contributed by atoms with Crippen LogP contribution in [0.3, 0.4) is 0 Å². The van der Waals surface area contributed by atoms with Crippen LogP contribution >= 0.6 is 12.6 Å². The minimum Gasteiger partial charge on any atom is -0.404 e. The van der Waals surface area contributed by atoms with Crippen molar-refractivity contribution in [3.05, 3.63) is 36.0 Å². The predicted octanol–water partition coefficient (Wildman–Crippen LogP) is 2.13. The number of thiol groups is 1. The van der Waals surface area contributed by atoms with Crippen LogP contribution in [0.2, 0.25) is 0 Å². The number of allylic oxidation sites excluding steroid dienone is 1. The number of benzene rings is 1. The maximum Gasteiger partial charge on any atom is 0.0390 e. The fourth-order valence-corrected chi connectivity index (χ4v) is 0.946. The van der Waals surface area contributed by atoms with Gasteiger partial charge < -0.3 is 11.5 Å². The lowest BCUT2D eigenvalue weighted by atomic mass is 10.1. The van der Waals surface area contributed by atoms with Crippen molar-refractivity contribution in [2.45, 2.75) is 6.92 Å². The van der Waals surface area contributed by atoms with E-state index in [1.807, 2.05) is 31.2 Å². The molecule has 72 valence electrons. The van der Waals surface area contributed by atoms with Gasteiger partial charge in [0.15, 0.2) is 0 Å². The summed E-state index contributed by atoms with van der Waals surface area (Å²) in [5, 5.41) is 0. The second kappa shape index (κ2) is 6.43. The first-order chi connectivity index (χ1) is 6.25. The molecule has 0 aliphatic carbocycles. The van der Waals surface area contributed by atoms with Gasteiger partial charge in [-0.2, -0.15) is 12.6 Å². The van der Waals surface area contributed by atoms with E-state index in [9.17, 15) is 0 Å². The fourth-order valence-electron chi connectivity index (χ4n) is 0.946. The number of para-hydroxylation sites is 1. The number of nitrogen functional groups attached to an aromatic ring is 1. The summed E-state index contributed by atoms with van der Waals surface area (Å²) >= 11 is 3.53. The van der Waals surface area contributed by atoms with Crippen LogP contribution < -0.4 is 11.5 Å². The van der Waals surface area contributed by atoms with E-state index >= 15 is 0 Å². The van der Waals surface area contributed by atoms with Crippen molar-refractivity contribution in [2.24, 2.45) is 5.73 Å². The molecule has 0 saturated carbocycles. The van der Waals surface area contributed by atoms with E-state index in [4.69, 9.17) is 11.5 Å². The molecule has 0 bridgehead atoms. The first-order valence-electron chi connectivity index (χ1n) is 3.94. The van der Waals surface area contributed by atoms with Crippen molar-refractivity contribution in [1.29, 1.82) is 0 Å². The maximum atomic E-state index is 5.70. The minimum atomic E-state index is 0.770. The molecule has 1 rings (SSSR count). The van der Waals surface area contributed by atoms with Crippen molar-refractivity contribution < 1.29 is 0 Å². The van der Waals surface area contributed by atoms with Gasteiger partial charge in [-0.1, -0.05) is 18.2 Å². The number of hydrogen-bond donors (Lipinski definition) is 3. The Balaban J connectivity index is 0.000000671. The fraction of sp³-hybridized carbons (Fsp3) is 0.200. The third kappa shape index (κ3) is 3.42. The summed E-state index contributed by atoms with van der Waals surface area (Å²) in [4.78, 5) is 0. The number of anilines is 1. The molecule has 0 unspecified atom stereocenters. The standard InChI is InChI=1S/C9H12N2.CH4S/c1-7(6-10)8-4-2-3-5-9(8)11;1-2/h2-6H,10-11H2,1H3;2H,1H3/b7-6-;. The Morgan fingerprint density at radius 3 is 2.31 bits per heavy atom. The lowest BCUT2D eigenvalue weighted by molar-refractivity contribution is 1.50. The lowest BCUT2D eigenvalue weighted by Crippen LogP contribution is -1.92. The van der Waals surface area contributed by atoms with Crippen LogP contribution in [-0.2, 0) is 0 Å². The predicted molar refractivity (Wildman–Crippen MR) is 63.6 cm³/mol. The Labute approximate surface area is 85.0 Å². The molecular formula is C10H16N2S. The van der Waals surface area contributed by atoms with Gasteiger partial charge in [-0.15, -0.1) is 0 Å². The highest BCUT2D eigenvalue weighted by Gasteiger charge is 1.97. The Morgan fingerprint density at radius 1 is 1.31 bits per heavy atom. The molecule has 0 atom stereocenters. The van der Waals surface area contributed by atoms with Gasteiger partial charge in [0.2, 0.25) is 0 Å². The number of hydrogen-bond acceptors (Lipinski definition) is 3. The topological polar surface area (TPSA) is 52.0 Å². The second-order valence-corrected chi connectivity index (χ2v) is 2.44. The van der Waals surface area contributed by atoms with E-state index < -0.39 is 0 Å². The van der Waals surface area contributed by atoms with Crippen LogP contribution in [0.1, 0.15) is 12.5 Å². The smallest absolute Gasteiger partial charge is 0.0390 e. The Hall–Kier alpha value is -1.09. The van der Waals surface area contributed by atoms with Gasteiger partial charge in [-0.25, -0.2) is 0 Å². The molecule has 0 spiro atoms. The van der Waals surface area contributed by atoms with Crippen LogP contribution in [0.25, 0.3) is 5.57 Å².